The molecule has 1 saturated heterocycles. The number of hydrogen-bond donors (Lipinski definition) is 2. The van der Waals surface area contributed by atoms with Gasteiger partial charge in [0.1, 0.15) is 0 Å². The molecule has 1 fully saturated rings. The maximum atomic E-state index is 4.60. The van der Waals surface area contributed by atoms with E-state index in [4.69, 9.17) is 0 Å². The van der Waals surface area contributed by atoms with Crippen LogP contribution in [0.3, 0.4) is 0 Å². The highest BCUT2D eigenvalue weighted by Gasteiger charge is 2.18. The Morgan fingerprint density at radius 1 is 1.16 bits per heavy atom. The van der Waals surface area contributed by atoms with Gasteiger partial charge in [-0.25, -0.2) is 9.97 Å². The van der Waals surface area contributed by atoms with Gasteiger partial charge in [0.05, 0.1) is 0 Å². The smallest absolute Gasteiger partial charge is 0.225 e. The van der Waals surface area contributed by atoms with Crippen LogP contribution in [-0.2, 0) is 0 Å². The monoisotopic (exact) mass is 461 g/mol. The van der Waals surface area contributed by atoms with Crippen LogP contribution in [0.2, 0.25) is 0 Å². The molecule has 2 heterocycles. The molecule has 7 nitrogen and oxygen atoms in total. The molecule has 0 atom stereocenters. The van der Waals surface area contributed by atoms with E-state index < -0.39 is 0 Å². The summed E-state index contributed by atoms with van der Waals surface area (Å²) in [6.07, 6.45) is 3.61. The predicted octanol–water partition coefficient (Wildman–Crippen LogP) is 1.43. The van der Waals surface area contributed by atoms with Crippen molar-refractivity contribution in [3.63, 3.8) is 0 Å². The number of aliphatic imine (C=N–C) groups is 1. The molecular weight excluding hydrogens is 429 g/mol. The van der Waals surface area contributed by atoms with Gasteiger partial charge in [-0.15, -0.1) is 24.0 Å². The van der Waals surface area contributed by atoms with Crippen molar-refractivity contribution in [2.45, 2.75) is 20.8 Å². The Bertz CT molecular complexity index is 487. The molecule has 0 aliphatic carbocycles. The molecule has 1 aliphatic rings. The SMILES string of the molecule is CCNC(=NCC(C)C)NCCN1CCN(c2ncccn2)CC1.I. The fourth-order valence-corrected chi connectivity index (χ4v) is 2.57. The second-order valence-corrected chi connectivity index (χ2v) is 6.42. The summed E-state index contributed by atoms with van der Waals surface area (Å²) in [6.45, 7) is 14.2. The fourth-order valence-electron chi connectivity index (χ4n) is 2.57. The minimum atomic E-state index is 0. The molecule has 142 valence electrons. The minimum absolute atomic E-state index is 0. The third kappa shape index (κ3) is 8.17. The van der Waals surface area contributed by atoms with E-state index in [1.54, 1.807) is 12.4 Å². The summed E-state index contributed by atoms with van der Waals surface area (Å²) >= 11 is 0. The Morgan fingerprint density at radius 2 is 1.84 bits per heavy atom. The van der Waals surface area contributed by atoms with E-state index in [9.17, 15) is 0 Å². The largest absolute Gasteiger partial charge is 0.357 e. The summed E-state index contributed by atoms with van der Waals surface area (Å²) in [7, 11) is 0. The average molecular weight is 461 g/mol. The lowest BCUT2D eigenvalue weighted by Gasteiger charge is -2.34. The molecule has 1 aromatic heterocycles. The zero-order valence-electron chi connectivity index (χ0n) is 15.6. The van der Waals surface area contributed by atoms with Gasteiger partial charge in [-0.2, -0.15) is 0 Å². The number of rotatable bonds is 7. The normalized spacial score (nSPS) is 15.8. The standard InChI is InChI=1S/C17H31N7.HI/c1-4-18-16(22-14-15(2)3)19-8-9-23-10-12-24(13-11-23)17-20-6-5-7-21-17;/h5-7,15H,4,8-14H2,1-3H3,(H2,18,19,22);1H. The lowest BCUT2D eigenvalue weighted by atomic mass is 10.2. The van der Waals surface area contributed by atoms with E-state index in [1.165, 1.54) is 0 Å². The first kappa shape index (κ1) is 21.9. The van der Waals surface area contributed by atoms with Crippen LogP contribution in [0, 0.1) is 5.92 Å². The van der Waals surface area contributed by atoms with Gasteiger partial charge in [0.15, 0.2) is 5.96 Å². The molecule has 0 amide bonds. The Hall–Kier alpha value is -1.16. The average Bonchev–Trinajstić information content (AvgIpc) is 2.61. The summed E-state index contributed by atoms with van der Waals surface area (Å²) in [5, 5.41) is 6.73. The van der Waals surface area contributed by atoms with Crippen LogP contribution in [-0.4, -0.2) is 73.2 Å². The highest BCUT2D eigenvalue weighted by atomic mass is 127. The van der Waals surface area contributed by atoms with Crippen molar-refractivity contribution in [3.05, 3.63) is 18.5 Å². The van der Waals surface area contributed by atoms with Crippen LogP contribution < -0.4 is 15.5 Å². The van der Waals surface area contributed by atoms with E-state index in [-0.39, 0.29) is 24.0 Å². The summed E-state index contributed by atoms with van der Waals surface area (Å²) in [4.78, 5) is 18.0. The molecule has 0 saturated carbocycles. The summed E-state index contributed by atoms with van der Waals surface area (Å²) in [5.41, 5.74) is 0. The third-order valence-electron chi connectivity index (χ3n) is 3.89. The van der Waals surface area contributed by atoms with Gasteiger partial charge in [-0.05, 0) is 18.9 Å². The maximum absolute atomic E-state index is 4.60. The van der Waals surface area contributed by atoms with E-state index in [2.05, 4.69) is 56.2 Å². The lowest BCUT2D eigenvalue weighted by molar-refractivity contribution is 0.260. The number of hydrogen-bond acceptors (Lipinski definition) is 5. The van der Waals surface area contributed by atoms with E-state index >= 15 is 0 Å². The molecule has 25 heavy (non-hydrogen) atoms. The Morgan fingerprint density at radius 3 is 2.44 bits per heavy atom. The van der Waals surface area contributed by atoms with Gasteiger partial charge in [-0.3, -0.25) is 9.89 Å². The van der Waals surface area contributed by atoms with Crippen molar-refractivity contribution >= 4 is 35.9 Å². The molecule has 2 rings (SSSR count). The van der Waals surface area contributed by atoms with Crippen LogP contribution in [0.1, 0.15) is 20.8 Å². The van der Waals surface area contributed by atoms with Gasteiger partial charge in [-0.1, -0.05) is 13.8 Å². The number of halogens is 1. The van der Waals surface area contributed by atoms with E-state index in [0.29, 0.717) is 5.92 Å². The Labute approximate surface area is 168 Å². The molecule has 0 unspecified atom stereocenters. The zero-order valence-corrected chi connectivity index (χ0v) is 17.9. The van der Waals surface area contributed by atoms with Crippen molar-refractivity contribution in [1.82, 2.24) is 25.5 Å². The molecule has 0 bridgehead atoms. The Kier molecular flexibility index (Phi) is 10.7. The summed E-state index contributed by atoms with van der Waals surface area (Å²) < 4.78 is 0. The van der Waals surface area contributed by atoms with Crippen LogP contribution in [0.4, 0.5) is 5.95 Å². The van der Waals surface area contributed by atoms with Gasteiger partial charge in [0.2, 0.25) is 5.95 Å². The van der Waals surface area contributed by atoms with Crippen molar-refractivity contribution in [1.29, 1.82) is 0 Å². The first-order chi connectivity index (χ1) is 11.7. The second-order valence-electron chi connectivity index (χ2n) is 6.42. The van der Waals surface area contributed by atoms with Crippen molar-refractivity contribution in [2.75, 3.05) is 57.3 Å². The maximum Gasteiger partial charge on any atom is 0.225 e. The molecule has 0 radical (unpaired) electrons. The summed E-state index contributed by atoms with van der Waals surface area (Å²) in [5.74, 6) is 2.33. The second kappa shape index (κ2) is 12.2. The highest BCUT2D eigenvalue weighted by Crippen LogP contribution is 2.08. The topological polar surface area (TPSA) is 68.7 Å². The summed E-state index contributed by atoms with van der Waals surface area (Å²) in [6, 6.07) is 1.86. The molecule has 1 aliphatic heterocycles. The highest BCUT2D eigenvalue weighted by molar-refractivity contribution is 14.0. The van der Waals surface area contributed by atoms with E-state index in [0.717, 1.165) is 64.3 Å². The van der Waals surface area contributed by atoms with Gasteiger partial charge in [0, 0.05) is 64.8 Å². The number of nitrogens with one attached hydrogen (secondary N) is 2. The van der Waals surface area contributed by atoms with Crippen LogP contribution >= 0.6 is 24.0 Å². The van der Waals surface area contributed by atoms with Crippen LogP contribution in [0.5, 0.6) is 0 Å². The quantitative estimate of drug-likeness (QED) is 0.364. The van der Waals surface area contributed by atoms with Crippen LogP contribution in [0.15, 0.2) is 23.5 Å². The van der Waals surface area contributed by atoms with Crippen molar-refractivity contribution in [2.24, 2.45) is 10.9 Å². The third-order valence-corrected chi connectivity index (χ3v) is 3.89. The number of guanidine groups is 1. The van der Waals surface area contributed by atoms with Crippen molar-refractivity contribution in [3.8, 4) is 0 Å². The van der Waals surface area contributed by atoms with Crippen LogP contribution in [0.25, 0.3) is 0 Å². The lowest BCUT2D eigenvalue weighted by Crippen LogP contribution is -2.49. The van der Waals surface area contributed by atoms with Crippen molar-refractivity contribution < 1.29 is 0 Å². The molecular formula is C17H32IN7. The fraction of sp³-hybridized carbons (Fsp3) is 0.706. The molecule has 0 aromatic carbocycles. The molecule has 2 N–H and O–H groups in total. The van der Waals surface area contributed by atoms with Gasteiger partial charge < -0.3 is 15.5 Å². The molecule has 8 heteroatoms. The minimum Gasteiger partial charge on any atom is -0.357 e. The zero-order chi connectivity index (χ0) is 17.2. The number of anilines is 1. The molecule has 1 aromatic rings. The van der Waals surface area contributed by atoms with Gasteiger partial charge in [0.25, 0.3) is 0 Å². The first-order valence-corrected chi connectivity index (χ1v) is 8.95. The number of nitrogens with zero attached hydrogens (tertiary/aromatic N) is 5. The van der Waals surface area contributed by atoms with E-state index in [1.807, 2.05) is 6.07 Å². The van der Waals surface area contributed by atoms with Gasteiger partial charge >= 0.3 is 0 Å². The number of aromatic nitrogens is 2. The Balaban J connectivity index is 0.00000312. The number of piperazine rings is 1. The molecule has 0 spiro atoms. The predicted molar refractivity (Wildman–Crippen MR) is 115 cm³/mol. The first-order valence-electron chi connectivity index (χ1n) is 8.95.